The van der Waals surface area contributed by atoms with Crippen LogP contribution in [-0.2, 0) is 16.0 Å². The van der Waals surface area contributed by atoms with Crippen molar-refractivity contribution in [2.75, 3.05) is 48.1 Å². The Labute approximate surface area is 187 Å². The summed E-state index contributed by atoms with van der Waals surface area (Å²) in [4.78, 5) is 37.4. The van der Waals surface area contributed by atoms with Gasteiger partial charge in [0.05, 0.1) is 27.4 Å². The van der Waals surface area contributed by atoms with Crippen LogP contribution in [-0.4, -0.2) is 97.8 Å². The Morgan fingerprint density at radius 3 is 2.47 bits per heavy atom. The number of ether oxygens (including phenoxy) is 3. The number of carbonyl (C=O) groups is 2. The van der Waals surface area contributed by atoms with Gasteiger partial charge in [-0.1, -0.05) is 6.07 Å². The molecule has 32 heavy (non-hydrogen) atoms. The van der Waals surface area contributed by atoms with Crippen LogP contribution >= 0.6 is 0 Å². The maximum Gasteiger partial charge on any atom is 0.328 e. The zero-order valence-corrected chi connectivity index (χ0v) is 19.1. The van der Waals surface area contributed by atoms with Crippen molar-refractivity contribution >= 4 is 17.9 Å². The summed E-state index contributed by atoms with van der Waals surface area (Å²) in [7, 11) is 6.46. The Balaban J connectivity index is 1.52. The first kappa shape index (κ1) is 21.9. The topological polar surface area (TPSA) is 87.2 Å². The SMILES string of the molecule is COCCN1C(=O)C2C(N=C3N(CCc4ccc(OC)c(OC)c4)C(C)=CN32)N(C)C1=O. The largest absolute Gasteiger partial charge is 0.493 e. The zero-order chi connectivity index (χ0) is 23.0. The van der Waals surface area contributed by atoms with E-state index in [0.29, 0.717) is 30.6 Å². The fourth-order valence-corrected chi connectivity index (χ4v) is 4.34. The van der Waals surface area contributed by atoms with E-state index in [1.54, 1.807) is 28.4 Å². The van der Waals surface area contributed by atoms with Crippen LogP contribution in [0, 0.1) is 0 Å². The predicted octanol–water partition coefficient (Wildman–Crippen LogP) is 1.33. The highest BCUT2D eigenvalue weighted by Crippen LogP contribution is 2.34. The van der Waals surface area contributed by atoms with Crippen LogP contribution in [0.2, 0.25) is 0 Å². The van der Waals surface area contributed by atoms with Gasteiger partial charge in [-0.05, 0) is 31.0 Å². The fourth-order valence-electron chi connectivity index (χ4n) is 4.34. The normalized spacial score (nSPS) is 22.2. The number of methoxy groups -OCH3 is 3. The quantitative estimate of drug-likeness (QED) is 0.599. The van der Waals surface area contributed by atoms with Gasteiger partial charge in [0.1, 0.15) is 0 Å². The number of likely N-dealkylation sites (N-methyl/N-ethyl adjacent to an activating group) is 1. The van der Waals surface area contributed by atoms with Crippen molar-refractivity contribution in [3.05, 3.63) is 35.7 Å². The number of aliphatic imine (C=N–C) groups is 1. The lowest BCUT2D eigenvalue weighted by Crippen LogP contribution is -2.64. The van der Waals surface area contributed by atoms with Gasteiger partial charge >= 0.3 is 6.03 Å². The summed E-state index contributed by atoms with van der Waals surface area (Å²) in [5.74, 6) is 1.82. The van der Waals surface area contributed by atoms with E-state index in [0.717, 1.165) is 17.7 Å². The molecular weight excluding hydrogens is 414 g/mol. The van der Waals surface area contributed by atoms with Gasteiger partial charge in [0.2, 0.25) is 5.96 Å². The highest BCUT2D eigenvalue weighted by Gasteiger charge is 2.54. The third-order valence-corrected chi connectivity index (χ3v) is 6.09. The molecule has 172 valence electrons. The van der Waals surface area contributed by atoms with E-state index in [1.807, 2.05) is 36.2 Å². The smallest absolute Gasteiger partial charge is 0.328 e. The van der Waals surface area contributed by atoms with E-state index in [-0.39, 0.29) is 18.5 Å². The number of imide groups is 1. The van der Waals surface area contributed by atoms with Crippen LogP contribution in [0.15, 0.2) is 35.1 Å². The van der Waals surface area contributed by atoms with Crippen LogP contribution in [0.25, 0.3) is 0 Å². The molecule has 0 radical (unpaired) electrons. The lowest BCUT2D eigenvalue weighted by Gasteiger charge is -2.40. The van der Waals surface area contributed by atoms with Crippen LogP contribution in [0.5, 0.6) is 11.5 Å². The van der Waals surface area contributed by atoms with Crippen LogP contribution in [0.3, 0.4) is 0 Å². The fraction of sp³-hybridized carbons (Fsp3) is 0.500. The maximum atomic E-state index is 13.2. The summed E-state index contributed by atoms with van der Waals surface area (Å²) >= 11 is 0. The minimum Gasteiger partial charge on any atom is -0.493 e. The lowest BCUT2D eigenvalue weighted by atomic mass is 10.1. The first-order chi connectivity index (χ1) is 15.4. The number of carbonyl (C=O) groups excluding carboxylic acids is 2. The molecule has 10 heteroatoms. The third kappa shape index (κ3) is 3.54. The molecule has 0 aliphatic carbocycles. The second-order valence-electron chi connectivity index (χ2n) is 7.93. The first-order valence-electron chi connectivity index (χ1n) is 10.5. The number of benzene rings is 1. The molecule has 1 aromatic rings. The maximum absolute atomic E-state index is 13.2. The van der Waals surface area contributed by atoms with E-state index >= 15 is 0 Å². The number of rotatable bonds is 8. The molecule has 1 saturated heterocycles. The van der Waals surface area contributed by atoms with Crippen molar-refractivity contribution in [3.63, 3.8) is 0 Å². The van der Waals surface area contributed by atoms with Crippen molar-refractivity contribution < 1.29 is 23.8 Å². The van der Waals surface area contributed by atoms with E-state index in [9.17, 15) is 9.59 Å². The monoisotopic (exact) mass is 443 g/mol. The van der Waals surface area contributed by atoms with Gasteiger partial charge in [0.15, 0.2) is 23.7 Å². The number of nitrogens with zero attached hydrogens (tertiary/aromatic N) is 5. The van der Waals surface area contributed by atoms with Gasteiger partial charge in [-0.15, -0.1) is 0 Å². The molecule has 3 heterocycles. The second kappa shape index (κ2) is 8.70. The van der Waals surface area contributed by atoms with Gasteiger partial charge in [-0.2, -0.15) is 0 Å². The highest BCUT2D eigenvalue weighted by atomic mass is 16.5. The molecule has 0 saturated carbocycles. The molecule has 0 aromatic heterocycles. The van der Waals surface area contributed by atoms with Gasteiger partial charge in [0.25, 0.3) is 5.91 Å². The van der Waals surface area contributed by atoms with Gasteiger partial charge in [-0.25, -0.2) is 9.79 Å². The second-order valence-corrected chi connectivity index (χ2v) is 7.93. The molecule has 3 aliphatic heterocycles. The number of hydrogen-bond acceptors (Lipinski definition) is 8. The molecule has 10 nitrogen and oxygen atoms in total. The Morgan fingerprint density at radius 1 is 1.03 bits per heavy atom. The Hall–Kier alpha value is -3.27. The van der Waals surface area contributed by atoms with Gasteiger partial charge in [-0.3, -0.25) is 9.69 Å². The van der Waals surface area contributed by atoms with Crippen LogP contribution in [0.1, 0.15) is 12.5 Å². The van der Waals surface area contributed by atoms with Crippen molar-refractivity contribution in [1.29, 1.82) is 0 Å². The summed E-state index contributed by atoms with van der Waals surface area (Å²) in [6.45, 7) is 3.18. The number of amides is 3. The number of allylic oxidation sites excluding steroid dienone is 1. The molecule has 1 aromatic carbocycles. The van der Waals surface area contributed by atoms with E-state index in [2.05, 4.69) is 4.90 Å². The van der Waals surface area contributed by atoms with Crippen molar-refractivity contribution in [2.45, 2.75) is 25.6 Å². The third-order valence-electron chi connectivity index (χ3n) is 6.09. The molecule has 1 fully saturated rings. The molecular formula is C22H29N5O5. The number of fused-ring (bicyclic) bond motifs is 3. The van der Waals surface area contributed by atoms with E-state index < -0.39 is 12.2 Å². The molecule has 3 amide bonds. The molecule has 4 rings (SSSR count). The van der Waals surface area contributed by atoms with Gasteiger partial charge < -0.3 is 28.9 Å². The predicted molar refractivity (Wildman–Crippen MR) is 117 cm³/mol. The minimum absolute atomic E-state index is 0.219. The molecule has 2 unspecified atom stereocenters. The summed E-state index contributed by atoms with van der Waals surface area (Å²) in [6.07, 6.45) is 2.14. The number of guanidine groups is 1. The Morgan fingerprint density at radius 2 is 1.78 bits per heavy atom. The van der Waals surface area contributed by atoms with Crippen molar-refractivity contribution in [2.24, 2.45) is 4.99 Å². The van der Waals surface area contributed by atoms with Crippen molar-refractivity contribution in [1.82, 2.24) is 19.6 Å². The number of hydrogen-bond donors (Lipinski definition) is 0. The van der Waals surface area contributed by atoms with Crippen LogP contribution < -0.4 is 9.47 Å². The molecule has 0 bridgehead atoms. The lowest BCUT2D eigenvalue weighted by molar-refractivity contribution is -0.137. The van der Waals surface area contributed by atoms with Crippen molar-refractivity contribution in [3.8, 4) is 11.5 Å². The average Bonchev–Trinajstić information content (AvgIpc) is 3.30. The first-order valence-corrected chi connectivity index (χ1v) is 10.5. The zero-order valence-electron chi connectivity index (χ0n) is 19.1. The van der Waals surface area contributed by atoms with E-state index in [1.165, 1.54) is 9.80 Å². The summed E-state index contributed by atoms with van der Waals surface area (Å²) in [6, 6.07) is 4.95. The molecule has 3 aliphatic rings. The molecule has 2 atom stereocenters. The highest BCUT2D eigenvalue weighted by molar-refractivity contribution is 6.04. The molecule has 0 N–H and O–H groups in total. The van der Waals surface area contributed by atoms with Crippen LogP contribution in [0.4, 0.5) is 4.79 Å². The van der Waals surface area contributed by atoms with Gasteiger partial charge in [0, 0.05) is 32.6 Å². The summed E-state index contributed by atoms with van der Waals surface area (Å²) in [5.41, 5.74) is 2.09. The summed E-state index contributed by atoms with van der Waals surface area (Å²) < 4.78 is 15.8. The average molecular weight is 444 g/mol. The standard InChI is InChI=1S/C22H29N5O5/c1-14-13-27-18-19(24(2)22(29)26(20(18)28)10-11-30-3)23-21(27)25(14)9-8-15-6-7-16(31-4)17(12-15)32-5/h6-7,12-13,18-19H,8-11H2,1-5H3. The minimum atomic E-state index is -0.564. The summed E-state index contributed by atoms with van der Waals surface area (Å²) in [5, 5.41) is 0. The number of urea groups is 1. The Bertz CT molecular complexity index is 977. The van der Waals surface area contributed by atoms with E-state index in [4.69, 9.17) is 19.2 Å². The molecule has 0 spiro atoms. The Kier molecular flexibility index (Phi) is 5.96.